The Kier molecular flexibility index (Phi) is 3.55. The molecule has 2 N–H and O–H groups in total. The number of anilines is 1. The zero-order valence-electron chi connectivity index (χ0n) is 11.0. The molecule has 3 rings (SSSR count). The molecule has 2 aromatic rings. The van der Waals surface area contributed by atoms with Crippen molar-refractivity contribution >= 4 is 22.6 Å². The topological polar surface area (TPSA) is 63.2 Å². The first-order valence-electron chi connectivity index (χ1n) is 6.53. The second kappa shape index (κ2) is 5.51. The van der Waals surface area contributed by atoms with Crippen molar-refractivity contribution in [2.24, 2.45) is 0 Å². The quantitative estimate of drug-likeness (QED) is 0.910. The van der Waals surface area contributed by atoms with Crippen LogP contribution in [0.15, 0.2) is 30.5 Å². The Hall–Kier alpha value is -2.44. The van der Waals surface area contributed by atoms with Crippen LogP contribution in [0.3, 0.4) is 0 Å². The molecule has 0 bridgehead atoms. The summed E-state index contributed by atoms with van der Waals surface area (Å²) in [5.74, 6) is -0.0197. The Morgan fingerprint density at radius 1 is 1.33 bits per heavy atom. The van der Waals surface area contributed by atoms with Gasteiger partial charge in [0.15, 0.2) is 5.75 Å². The summed E-state index contributed by atoms with van der Waals surface area (Å²) in [7, 11) is 0. The number of nitrogens with one attached hydrogen (secondary N) is 2. The summed E-state index contributed by atoms with van der Waals surface area (Å²) in [5, 5.41) is 6.04. The van der Waals surface area contributed by atoms with Crippen LogP contribution in [-0.2, 0) is 0 Å². The number of carbonyl (C=O) groups is 1. The fourth-order valence-corrected chi connectivity index (χ4v) is 2.02. The highest BCUT2D eigenvalue weighted by Gasteiger charge is 2.23. The lowest BCUT2D eigenvalue weighted by Gasteiger charge is -2.12. The number of hydrogen-bond acceptors (Lipinski definition) is 3. The van der Waals surface area contributed by atoms with E-state index in [9.17, 15) is 13.6 Å². The average Bonchev–Trinajstić information content (AvgIpc) is 3.25. The van der Waals surface area contributed by atoms with Gasteiger partial charge in [0.25, 0.3) is 0 Å². The van der Waals surface area contributed by atoms with E-state index >= 15 is 0 Å². The number of alkyl halides is 2. The third kappa shape index (κ3) is 3.18. The van der Waals surface area contributed by atoms with Gasteiger partial charge in [-0.25, -0.2) is 4.79 Å². The fraction of sp³-hybridized carbons (Fsp3) is 0.286. The molecule has 0 atom stereocenters. The summed E-state index contributed by atoms with van der Waals surface area (Å²) in [6.07, 6.45) is 3.45. The normalized spacial score (nSPS) is 14.2. The molecule has 1 heterocycles. The molecule has 1 aliphatic rings. The fourth-order valence-electron chi connectivity index (χ4n) is 2.02. The van der Waals surface area contributed by atoms with E-state index in [0.29, 0.717) is 11.1 Å². The molecule has 2 amide bonds. The molecule has 0 spiro atoms. The van der Waals surface area contributed by atoms with Crippen molar-refractivity contribution in [2.45, 2.75) is 25.5 Å². The van der Waals surface area contributed by atoms with Crippen molar-refractivity contribution in [3.8, 4) is 5.75 Å². The molecule has 0 radical (unpaired) electrons. The summed E-state index contributed by atoms with van der Waals surface area (Å²) in [6, 6.07) is 6.16. The average molecular weight is 293 g/mol. The number of benzene rings is 1. The maximum atomic E-state index is 12.4. The Labute approximate surface area is 119 Å². The smallest absolute Gasteiger partial charge is 0.387 e. The van der Waals surface area contributed by atoms with E-state index in [4.69, 9.17) is 0 Å². The summed E-state index contributed by atoms with van der Waals surface area (Å²) in [4.78, 5) is 15.8. The summed E-state index contributed by atoms with van der Waals surface area (Å²) < 4.78 is 29.2. The number of amides is 2. The highest BCUT2D eigenvalue weighted by Crippen LogP contribution is 2.31. The largest absolute Gasteiger partial charge is 0.432 e. The Bertz CT molecular complexity index is 674. The van der Waals surface area contributed by atoms with Gasteiger partial charge in [0.1, 0.15) is 5.52 Å². The predicted molar refractivity (Wildman–Crippen MR) is 73.6 cm³/mol. The van der Waals surface area contributed by atoms with E-state index in [1.165, 1.54) is 18.3 Å². The third-order valence-electron chi connectivity index (χ3n) is 3.11. The predicted octanol–water partition coefficient (Wildman–Crippen LogP) is 3.12. The maximum absolute atomic E-state index is 12.4. The Balaban J connectivity index is 1.90. The number of halogens is 2. The number of rotatable bonds is 4. The monoisotopic (exact) mass is 293 g/mol. The van der Waals surface area contributed by atoms with E-state index in [2.05, 4.69) is 20.4 Å². The lowest BCUT2D eigenvalue weighted by atomic mass is 10.1. The van der Waals surface area contributed by atoms with Gasteiger partial charge in [-0.05, 0) is 37.1 Å². The van der Waals surface area contributed by atoms with Crippen LogP contribution in [0, 0.1) is 0 Å². The molecule has 1 aromatic carbocycles. The molecule has 21 heavy (non-hydrogen) atoms. The van der Waals surface area contributed by atoms with Crippen molar-refractivity contribution in [3.63, 3.8) is 0 Å². The number of fused-ring (bicyclic) bond motifs is 1. The zero-order valence-corrected chi connectivity index (χ0v) is 11.0. The van der Waals surface area contributed by atoms with Gasteiger partial charge >= 0.3 is 12.6 Å². The van der Waals surface area contributed by atoms with Gasteiger partial charge in [0, 0.05) is 17.6 Å². The number of ether oxygens (including phenoxy) is 1. The minimum atomic E-state index is -2.92. The van der Waals surface area contributed by atoms with E-state index in [1.807, 2.05) is 0 Å². The number of aromatic nitrogens is 1. The number of pyridine rings is 1. The van der Waals surface area contributed by atoms with E-state index in [-0.39, 0.29) is 23.3 Å². The molecule has 1 saturated carbocycles. The highest BCUT2D eigenvalue weighted by molar-refractivity contribution is 6.02. The molecular weight excluding hydrogens is 280 g/mol. The first-order chi connectivity index (χ1) is 10.1. The van der Waals surface area contributed by atoms with Crippen molar-refractivity contribution in [1.82, 2.24) is 10.3 Å². The summed E-state index contributed by atoms with van der Waals surface area (Å²) >= 11 is 0. The molecule has 1 fully saturated rings. The number of urea groups is 1. The van der Waals surface area contributed by atoms with Crippen LogP contribution in [0.4, 0.5) is 19.3 Å². The molecule has 5 nitrogen and oxygen atoms in total. The molecule has 0 aliphatic heterocycles. The summed E-state index contributed by atoms with van der Waals surface area (Å²) in [5.41, 5.74) is 0.778. The van der Waals surface area contributed by atoms with E-state index < -0.39 is 6.61 Å². The van der Waals surface area contributed by atoms with Gasteiger partial charge in [0.05, 0.1) is 5.69 Å². The van der Waals surface area contributed by atoms with E-state index in [0.717, 1.165) is 12.8 Å². The van der Waals surface area contributed by atoms with Crippen molar-refractivity contribution < 1.29 is 18.3 Å². The van der Waals surface area contributed by atoms with Crippen molar-refractivity contribution in [3.05, 3.63) is 30.5 Å². The molecule has 0 unspecified atom stereocenters. The summed E-state index contributed by atoms with van der Waals surface area (Å²) in [6.45, 7) is -2.92. The third-order valence-corrected chi connectivity index (χ3v) is 3.11. The second-order valence-corrected chi connectivity index (χ2v) is 4.76. The molecule has 7 heteroatoms. The van der Waals surface area contributed by atoms with Crippen LogP contribution in [0.5, 0.6) is 5.75 Å². The van der Waals surface area contributed by atoms with Crippen LogP contribution >= 0.6 is 0 Å². The molecule has 1 aromatic heterocycles. The second-order valence-electron chi connectivity index (χ2n) is 4.76. The van der Waals surface area contributed by atoms with Crippen LogP contribution in [0.25, 0.3) is 10.9 Å². The van der Waals surface area contributed by atoms with Gasteiger partial charge < -0.3 is 15.4 Å². The highest BCUT2D eigenvalue weighted by atomic mass is 19.3. The molecule has 110 valence electrons. The van der Waals surface area contributed by atoms with Gasteiger partial charge in [-0.2, -0.15) is 8.78 Å². The number of hydrogen-bond donors (Lipinski definition) is 2. The Morgan fingerprint density at radius 3 is 2.86 bits per heavy atom. The number of nitrogens with zero attached hydrogens (tertiary/aromatic N) is 1. The van der Waals surface area contributed by atoms with Gasteiger partial charge in [-0.1, -0.05) is 0 Å². The molecule has 0 saturated heterocycles. The minimum Gasteiger partial charge on any atom is -0.432 e. The Morgan fingerprint density at radius 2 is 2.14 bits per heavy atom. The lowest BCUT2D eigenvalue weighted by molar-refractivity contribution is -0.0489. The number of carbonyl (C=O) groups excluding carboxylic acids is 1. The minimum absolute atomic E-state index is 0.0197. The van der Waals surface area contributed by atoms with Crippen LogP contribution < -0.4 is 15.4 Å². The van der Waals surface area contributed by atoms with Gasteiger partial charge in [-0.15, -0.1) is 0 Å². The maximum Gasteiger partial charge on any atom is 0.387 e. The molecular formula is C14H13F2N3O2. The van der Waals surface area contributed by atoms with Gasteiger partial charge in [-0.3, -0.25) is 4.98 Å². The SMILES string of the molecule is O=C(Nc1ccc(OC(F)F)c2ncccc12)NC1CC1. The van der Waals surface area contributed by atoms with Gasteiger partial charge in [0.2, 0.25) is 0 Å². The van der Waals surface area contributed by atoms with Crippen molar-refractivity contribution in [2.75, 3.05) is 5.32 Å². The van der Waals surface area contributed by atoms with Crippen LogP contribution in [-0.4, -0.2) is 23.7 Å². The molecule has 1 aliphatic carbocycles. The first kappa shape index (κ1) is 13.5. The van der Waals surface area contributed by atoms with E-state index in [1.54, 1.807) is 12.1 Å². The zero-order chi connectivity index (χ0) is 14.8. The van der Waals surface area contributed by atoms with Crippen molar-refractivity contribution in [1.29, 1.82) is 0 Å². The first-order valence-corrected chi connectivity index (χ1v) is 6.53. The standard InChI is InChI=1S/C14H13F2N3O2/c15-13(16)21-11-6-5-10(9-2-1-7-17-12(9)11)19-14(20)18-8-3-4-8/h1-2,5-8,13H,3-4H2,(H2,18,19,20). The van der Waals surface area contributed by atoms with Crippen LogP contribution in [0.2, 0.25) is 0 Å². The van der Waals surface area contributed by atoms with Crippen LogP contribution in [0.1, 0.15) is 12.8 Å². The lowest BCUT2D eigenvalue weighted by Crippen LogP contribution is -2.30.